The number of aliphatic hydroxyl groups is 1. The van der Waals surface area contributed by atoms with Gasteiger partial charge >= 0.3 is 0 Å². The maximum Gasteiger partial charge on any atom is 0.155 e. The predicted molar refractivity (Wildman–Crippen MR) is 109 cm³/mol. The van der Waals surface area contributed by atoms with Gasteiger partial charge in [0.2, 0.25) is 0 Å². The Hall–Kier alpha value is -1.63. The van der Waals surface area contributed by atoms with E-state index in [0.29, 0.717) is 0 Å². The first-order valence-corrected chi connectivity index (χ1v) is 11.2. The molecular formula is C21H23N3OS2. The van der Waals surface area contributed by atoms with E-state index in [0.717, 1.165) is 14.1 Å². The van der Waals surface area contributed by atoms with Crippen LogP contribution in [0.5, 0.6) is 0 Å². The number of fused-ring (bicyclic) bond motifs is 2. The Balaban J connectivity index is 1.48. The molecule has 3 aromatic rings. The molecule has 2 aliphatic carbocycles. The van der Waals surface area contributed by atoms with Crippen LogP contribution >= 0.6 is 23.1 Å². The van der Waals surface area contributed by atoms with Crippen molar-refractivity contribution in [3.05, 3.63) is 51.8 Å². The minimum absolute atomic E-state index is 0.841. The summed E-state index contributed by atoms with van der Waals surface area (Å²) < 4.78 is 3.04. The summed E-state index contributed by atoms with van der Waals surface area (Å²) in [6, 6.07) is 2.46. The van der Waals surface area contributed by atoms with Crippen molar-refractivity contribution in [1.82, 2.24) is 14.8 Å². The first-order valence-electron chi connectivity index (χ1n) is 9.57. The van der Waals surface area contributed by atoms with E-state index in [1.165, 1.54) is 66.5 Å². The fourth-order valence-electron chi connectivity index (χ4n) is 4.23. The highest BCUT2D eigenvalue weighted by atomic mass is 32.2. The number of rotatable bonds is 4. The molecule has 1 N–H and O–H groups in total. The molecule has 0 unspecified atom stereocenters. The number of hydrogen-bond acceptors (Lipinski definition) is 5. The summed E-state index contributed by atoms with van der Waals surface area (Å²) in [4.78, 5) is 6.44. The van der Waals surface area contributed by atoms with E-state index in [9.17, 15) is 5.11 Å². The van der Waals surface area contributed by atoms with Gasteiger partial charge in [0, 0.05) is 12.4 Å². The Labute approximate surface area is 167 Å². The average Bonchev–Trinajstić information content (AvgIpc) is 3.39. The van der Waals surface area contributed by atoms with E-state index in [1.54, 1.807) is 43.1 Å². The van der Waals surface area contributed by atoms with Gasteiger partial charge in [0.25, 0.3) is 0 Å². The maximum atomic E-state index is 10.1. The molecule has 1 aromatic carbocycles. The smallest absolute Gasteiger partial charge is 0.155 e. The standard InChI is InChI=1S/C21H23N3OS2/c1-21(2,25)18-11-22-20(27-18)26-15-10-23-24(12-15)19-16-7-3-5-13(16)9-14-6-4-8-17(14)19/h9-12,25H,3-8H2,1-2H3. The lowest BCUT2D eigenvalue weighted by atomic mass is 9.99. The highest BCUT2D eigenvalue weighted by Gasteiger charge is 2.25. The molecule has 140 valence electrons. The highest BCUT2D eigenvalue weighted by Crippen LogP contribution is 2.39. The third kappa shape index (κ3) is 3.13. The number of benzene rings is 1. The average molecular weight is 398 g/mol. The SMILES string of the molecule is CC(C)(O)c1cnc(Sc2cnn(-c3c4c(cc5c3CCC5)CCC4)c2)s1. The molecule has 0 atom stereocenters. The van der Waals surface area contributed by atoms with Gasteiger partial charge in [-0.1, -0.05) is 17.8 Å². The Morgan fingerprint density at radius 2 is 1.78 bits per heavy atom. The van der Waals surface area contributed by atoms with Gasteiger partial charge in [0.15, 0.2) is 4.34 Å². The van der Waals surface area contributed by atoms with Crippen LogP contribution in [0.25, 0.3) is 5.69 Å². The molecule has 27 heavy (non-hydrogen) atoms. The molecule has 0 amide bonds. The second-order valence-electron chi connectivity index (χ2n) is 7.98. The van der Waals surface area contributed by atoms with Crippen molar-refractivity contribution in [2.24, 2.45) is 0 Å². The molecular weight excluding hydrogens is 374 g/mol. The first kappa shape index (κ1) is 17.5. The second kappa shape index (κ2) is 6.47. The summed E-state index contributed by atoms with van der Waals surface area (Å²) in [5.41, 5.74) is 6.59. The summed E-state index contributed by atoms with van der Waals surface area (Å²) in [7, 11) is 0. The van der Waals surface area contributed by atoms with E-state index in [4.69, 9.17) is 5.10 Å². The van der Waals surface area contributed by atoms with Crippen molar-refractivity contribution in [2.45, 2.75) is 67.2 Å². The minimum Gasteiger partial charge on any atom is -0.385 e. The number of aromatic nitrogens is 3. The summed E-state index contributed by atoms with van der Waals surface area (Å²) in [6.07, 6.45) is 13.1. The van der Waals surface area contributed by atoms with Crippen LogP contribution in [0.3, 0.4) is 0 Å². The number of hydrogen-bond donors (Lipinski definition) is 1. The third-order valence-electron chi connectivity index (χ3n) is 5.52. The van der Waals surface area contributed by atoms with E-state index in [2.05, 4.69) is 21.9 Å². The Morgan fingerprint density at radius 1 is 1.07 bits per heavy atom. The molecule has 0 spiro atoms. The van der Waals surface area contributed by atoms with Gasteiger partial charge in [-0.2, -0.15) is 5.10 Å². The molecule has 0 aliphatic heterocycles. The lowest BCUT2D eigenvalue weighted by molar-refractivity contribution is 0.0823. The van der Waals surface area contributed by atoms with E-state index >= 15 is 0 Å². The van der Waals surface area contributed by atoms with Crippen molar-refractivity contribution in [3.63, 3.8) is 0 Å². The third-order valence-corrected chi connectivity index (χ3v) is 7.85. The molecule has 2 aromatic heterocycles. The molecule has 0 fully saturated rings. The Morgan fingerprint density at radius 3 is 2.41 bits per heavy atom. The van der Waals surface area contributed by atoms with Crippen LogP contribution in [-0.2, 0) is 31.3 Å². The van der Waals surface area contributed by atoms with Crippen LogP contribution in [-0.4, -0.2) is 19.9 Å². The monoisotopic (exact) mass is 397 g/mol. The molecule has 0 saturated heterocycles. The summed E-state index contributed by atoms with van der Waals surface area (Å²) >= 11 is 3.16. The second-order valence-corrected chi connectivity index (χ2v) is 10.3. The van der Waals surface area contributed by atoms with Crippen molar-refractivity contribution in [1.29, 1.82) is 0 Å². The fraction of sp³-hybridized carbons (Fsp3) is 0.429. The highest BCUT2D eigenvalue weighted by molar-refractivity contribution is 8.01. The quantitative estimate of drug-likeness (QED) is 0.694. The van der Waals surface area contributed by atoms with Crippen LogP contribution in [0.4, 0.5) is 0 Å². The van der Waals surface area contributed by atoms with Gasteiger partial charge in [-0.15, -0.1) is 11.3 Å². The molecule has 5 rings (SSSR count). The number of aryl methyl sites for hydroxylation is 2. The van der Waals surface area contributed by atoms with Crippen molar-refractivity contribution >= 4 is 23.1 Å². The molecule has 0 radical (unpaired) electrons. The van der Waals surface area contributed by atoms with E-state index < -0.39 is 5.60 Å². The summed E-state index contributed by atoms with van der Waals surface area (Å²) in [5, 5.41) is 14.9. The van der Waals surface area contributed by atoms with Gasteiger partial charge in [-0.3, -0.25) is 0 Å². The Bertz CT molecular complexity index is 981. The maximum absolute atomic E-state index is 10.1. The summed E-state index contributed by atoms with van der Waals surface area (Å²) in [6.45, 7) is 3.59. The molecule has 6 heteroatoms. The zero-order valence-electron chi connectivity index (χ0n) is 15.7. The van der Waals surface area contributed by atoms with Gasteiger partial charge < -0.3 is 5.11 Å². The van der Waals surface area contributed by atoms with Crippen molar-refractivity contribution in [2.75, 3.05) is 0 Å². The topological polar surface area (TPSA) is 50.9 Å². The lowest BCUT2D eigenvalue weighted by Crippen LogP contribution is -2.12. The zero-order valence-corrected chi connectivity index (χ0v) is 17.3. The van der Waals surface area contributed by atoms with Gasteiger partial charge in [-0.25, -0.2) is 9.67 Å². The normalized spacial score (nSPS) is 16.0. The van der Waals surface area contributed by atoms with E-state index in [-0.39, 0.29) is 0 Å². The Kier molecular flexibility index (Phi) is 4.18. The van der Waals surface area contributed by atoms with Gasteiger partial charge in [-0.05, 0) is 74.6 Å². The molecule has 0 saturated carbocycles. The predicted octanol–water partition coefficient (Wildman–Crippen LogP) is 4.68. The van der Waals surface area contributed by atoms with Crippen LogP contribution < -0.4 is 0 Å². The fourth-order valence-corrected chi connectivity index (χ4v) is 6.17. The van der Waals surface area contributed by atoms with Gasteiger partial charge in [0.05, 0.1) is 27.3 Å². The number of thiazole rings is 1. The molecule has 2 aliphatic rings. The van der Waals surface area contributed by atoms with Gasteiger partial charge in [0.1, 0.15) is 0 Å². The van der Waals surface area contributed by atoms with Crippen molar-refractivity contribution in [3.8, 4) is 5.69 Å². The van der Waals surface area contributed by atoms with Crippen LogP contribution in [0.15, 0.2) is 33.9 Å². The largest absolute Gasteiger partial charge is 0.385 e. The lowest BCUT2D eigenvalue weighted by Gasteiger charge is -2.14. The summed E-state index contributed by atoms with van der Waals surface area (Å²) in [5.74, 6) is 0. The van der Waals surface area contributed by atoms with Crippen LogP contribution in [0.1, 0.15) is 53.8 Å². The van der Waals surface area contributed by atoms with Crippen LogP contribution in [0, 0.1) is 0 Å². The van der Waals surface area contributed by atoms with Crippen molar-refractivity contribution < 1.29 is 5.11 Å². The molecule has 4 nitrogen and oxygen atoms in total. The van der Waals surface area contributed by atoms with E-state index in [1.807, 2.05) is 6.20 Å². The first-order chi connectivity index (χ1) is 13.0. The number of nitrogens with zero attached hydrogens (tertiary/aromatic N) is 3. The van der Waals surface area contributed by atoms with Crippen LogP contribution in [0.2, 0.25) is 0 Å². The molecule has 0 bridgehead atoms. The molecule has 2 heterocycles. The minimum atomic E-state index is -0.841. The zero-order chi connectivity index (χ0) is 18.6.